The number of imidazole rings is 1. The van der Waals surface area contributed by atoms with Crippen LogP contribution in [0, 0.1) is 6.92 Å². The van der Waals surface area contributed by atoms with Gasteiger partial charge in [-0.05, 0) is 31.2 Å². The van der Waals surface area contributed by atoms with E-state index in [-0.39, 0.29) is 5.91 Å². The average Bonchev–Trinajstić information content (AvgIpc) is 3.09. The Morgan fingerprint density at radius 1 is 1.23 bits per heavy atom. The number of carbonyl (C=O) groups is 1. The second-order valence-corrected chi connectivity index (χ2v) is 5.35. The standard InChI is InChI=1S/C17H14N4O/c1-11-7-12-3-2-4-15(18)16(12)21(11)17(22)13-5-6-20-10-19-9-14(20)8-13/h2-10H,18H2,1H3. The summed E-state index contributed by atoms with van der Waals surface area (Å²) in [6.45, 7) is 1.91. The van der Waals surface area contributed by atoms with E-state index in [4.69, 9.17) is 5.73 Å². The zero-order chi connectivity index (χ0) is 15.3. The van der Waals surface area contributed by atoms with Gasteiger partial charge in [-0.25, -0.2) is 4.98 Å². The SMILES string of the molecule is Cc1cc2cccc(N)c2n1C(=O)c1ccn2cncc2c1. The van der Waals surface area contributed by atoms with Crippen LogP contribution in [0.1, 0.15) is 16.1 Å². The van der Waals surface area contributed by atoms with Gasteiger partial charge in [0.15, 0.2) is 0 Å². The van der Waals surface area contributed by atoms with Crippen molar-refractivity contribution in [2.24, 2.45) is 0 Å². The van der Waals surface area contributed by atoms with E-state index in [1.807, 2.05) is 47.9 Å². The van der Waals surface area contributed by atoms with Crippen LogP contribution in [-0.2, 0) is 0 Å². The first kappa shape index (κ1) is 12.6. The first-order valence-electron chi connectivity index (χ1n) is 6.98. The maximum atomic E-state index is 12.9. The number of hydrogen-bond donors (Lipinski definition) is 1. The summed E-state index contributed by atoms with van der Waals surface area (Å²) in [5.74, 6) is -0.0888. The number of nitrogens with zero attached hydrogens (tertiary/aromatic N) is 3. The summed E-state index contributed by atoms with van der Waals surface area (Å²) in [5, 5.41) is 0.969. The van der Waals surface area contributed by atoms with Crippen LogP contribution in [-0.4, -0.2) is 19.9 Å². The summed E-state index contributed by atoms with van der Waals surface area (Å²) in [4.78, 5) is 17.0. The van der Waals surface area contributed by atoms with E-state index in [1.165, 1.54) is 0 Å². The highest BCUT2D eigenvalue weighted by molar-refractivity contribution is 6.06. The van der Waals surface area contributed by atoms with E-state index in [9.17, 15) is 4.79 Å². The Kier molecular flexibility index (Phi) is 2.56. The van der Waals surface area contributed by atoms with Gasteiger partial charge in [-0.3, -0.25) is 9.36 Å². The molecule has 108 valence electrons. The molecule has 4 aromatic rings. The quantitative estimate of drug-likeness (QED) is 0.548. The lowest BCUT2D eigenvalue weighted by atomic mass is 10.2. The molecule has 0 radical (unpaired) electrons. The third kappa shape index (κ3) is 1.72. The van der Waals surface area contributed by atoms with Crippen LogP contribution in [0.5, 0.6) is 0 Å². The minimum atomic E-state index is -0.0888. The molecule has 0 spiro atoms. The molecule has 3 aromatic heterocycles. The molecule has 1 aromatic carbocycles. The van der Waals surface area contributed by atoms with Crippen molar-refractivity contribution < 1.29 is 4.79 Å². The Morgan fingerprint density at radius 3 is 2.95 bits per heavy atom. The molecule has 2 N–H and O–H groups in total. The fourth-order valence-electron chi connectivity index (χ4n) is 2.86. The molecule has 0 amide bonds. The number of benzene rings is 1. The third-order valence-electron chi connectivity index (χ3n) is 3.90. The minimum Gasteiger partial charge on any atom is -0.397 e. The monoisotopic (exact) mass is 290 g/mol. The number of aryl methyl sites for hydroxylation is 1. The number of pyridine rings is 1. The molecule has 0 unspecified atom stereocenters. The number of anilines is 1. The number of para-hydroxylation sites is 1. The molecule has 5 nitrogen and oxygen atoms in total. The summed E-state index contributed by atoms with van der Waals surface area (Å²) < 4.78 is 3.54. The van der Waals surface area contributed by atoms with Crippen molar-refractivity contribution >= 4 is 28.0 Å². The van der Waals surface area contributed by atoms with Crippen LogP contribution in [0.4, 0.5) is 5.69 Å². The molecule has 0 aliphatic rings. The summed E-state index contributed by atoms with van der Waals surface area (Å²) in [5.41, 5.74) is 9.79. The van der Waals surface area contributed by atoms with Gasteiger partial charge in [0, 0.05) is 22.8 Å². The maximum Gasteiger partial charge on any atom is 0.262 e. The number of rotatable bonds is 1. The second kappa shape index (κ2) is 4.46. The van der Waals surface area contributed by atoms with E-state index in [0.717, 1.165) is 22.1 Å². The van der Waals surface area contributed by atoms with Gasteiger partial charge in [-0.1, -0.05) is 12.1 Å². The van der Waals surface area contributed by atoms with Crippen molar-refractivity contribution in [1.82, 2.24) is 14.0 Å². The van der Waals surface area contributed by atoms with Crippen molar-refractivity contribution in [3.8, 4) is 0 Å². The predicted octanol–water partition coefficient (Wildman–Crippen LogP) is 2.87. The van der Waals surface area contributed by atoms with Crippen molar-refractivity contribution in [1.29, 1.82) is 0 Å². The molecule has 0 aliphatic heterocycles. The Morgan fingerprint density at radius 2 is 2.09 bits per heavy atom. The number of aromatic nitrogens is 3. The van der Waals surface area contributed by atoms with Crippen molar-refractivity contribution in [3.63, 3.8) is 0 Å². The molecule has 3 heterocycles. The Balaban J connectivity index is 1.94. The minimum absolute atomic E-state index is 0.0888. The number of carbonyl (C=O) groups excluding carboxylic acids is 1. The van der Waals surface area contributed by atoms with Crippen LogP contribution in [0.2, 0.25) is 0 Å². The largest absolute Gasteiger partial charge is 0.397 e. The highest BCUT2D eigenvalue weighted by atomic mass is 16.2. The lowest BCUT2D eigenvalue weighted by molar-refractivity contribution is 0.0963. The highest BCUT2D eigenvalue weighted by Gasteiger charge is 2.16. The van der Waals surface area contributed by atoms with Gasteiger partial charge in [-0.15, -0.1) is 0 Å². The van der Waals surface area contributed by atoms with Crippen LogP contribution in [0.15, 0.2) is 55.1 Å². The number of fused-ring (bicyclic) bond motifs is 2. The lowest BCUT2D eigenvalue weighted by Crippen LogP contribution is -2.14. The molecule has 4 rings (SSSR count). The Labute approximate surface area is 126 Å². The molecule has 0 saturated carbocycles. The van der Waals surface area contributed by atoms with E-state index in [2.05, 4.69) is 4.98 Å². The number of nitrogens with two attached hydrogens (primary N) is 1. The predicted molar refractivity (Wildman–Crippen MR) is 86.0 cm³/mol. The Hall–Kier alpha value is -3.08. The van der Waals surface area contributed by atoms with Crippen LogP contribution >= 0.6 is 0 Å². The molecular formula is C17H14N4O. The average molecular weight is 290 g/mol. The van der Waals surface area contributed by atoms with Gasteiger partial charge >= 0.3 is 0 Å². The van der Waals surface area contributed by atoms with Crippen LogP contribution < -0.4 is 5.73 Å². The van der Waals surface area contributed by atoms with E-state index in [0.29, 0.717) is 11.3 Å². The molecule has 0 atom stereocenters. The van der Waals surface area contributed by atoms with Gasteiger partial charge < -0.3 is 10.1 Å². The molecule has 22 heavy (non-hydrogen) atoms. The van der Waals surface area contributed by atoms with Gasteiger partial charge in [0.05, 0.1) is 29.2 Å². The van der Waals surface area contributed by atoms with Gasteiger partial charge in [0.25, 0.3) is 5.91 Å². The first-order chi connectivity index (χ1) is 10.6. The van der Waals surface area contributed by atoms with Crippen LogP contribution in [0.3, 0.4) is 0 Å². The molecular weight excluding hydrogens is 276 g/mol. The normalized spacial score (nSPS) is 11.3. The molecule has 0 fully saturated rings. The van der Waals surface area contributed by atoms with Crippen molar-refractivity contribution in [2.45, 2.75) is 6.92 Å². The van der Waals surface area contributed by atoms with Crippen molar-refractivity contribution in [3.05, 3.63) is 66.4 Å². The van der Waals surface area contributed by atoms with Crippen LogP contribution in [0.25, 0.3) is 16.4 Å². The highest BCUT2D eigenvalue weighted by Crippen LogP contribution is 2.26. The van der Waals surface area contributed by atoms with Crippen molar-refractivity contribution in [2.75, 3.05) is 5.73 Å². The molecule has 0 saturated heterocycles. The zero-order valence-corrected chi connectivity index (χ0v) is 12.0. The molecule has 5 heteroatoms. The molecule has 0 aliphatic carbocycles. The molecule has 0 bridgehead atoms. The maximum absolute atomic E-state index is 12.9. The fraction of sp³-hybridized carbons (Fsp3) is 0.0588. The second-order valence-electron chi connectivity index (χ2n) is 5.35. The van der Waals surface area contributed by atoms with Gasteiger partial charge in [0.2, 0.25) is 0 Å². The summed E-state index contributed by atoms with van der Waals surface area (Å²) >= 11 is 0. The summed E-state index contributed by atoms with van der Waals surface area (Å²) in [7, 11) is 0. The third-order valence-corrected chi connectivity index (χ3v) is 3.90. The van der Waals surface area contributed by atoms with E-state index >= 15 is 0 Å². The van der Waals surface area contributed by atoms with Gasteiger partial charge in [0.1, 0.15) is 0 Å². The van der Waals surface area contributed by atoms with Gasteiger partial charge in [-0.2, -0.15) is 0 Å². The Bertz CT molecular complexity index is 1030. The fourth-order valence-corrected chi connectivity index (χ4v) is 2.86. The summed E-state index contributed by atoms with van der Waals surface area (Å²) in [6.07, 6.45) is 5.27. The lowest BCUT2D eigenvalue weighted by Gasteiger charge is -2.09. The van der Waals surface area contributed by atoms with E-state index in [1.54, 1.807) is 23.2 Å². The number of hydrogen-bond acceptors (Lipinski definition) is 3. The number of nitrogen functional groups attached to an aromatic ring is 1. The first-order valence-corrected chi connectivity index (χ1v) is 6.98. The topological polar surface area (TPSA) is 65.3 Å². The summed E-state index contributed by atoms with van der Waals surface area (Å²) in [6, 6.07) is 11.3. The smallest absolute Gasteiger partial charge is 0.262 e. The zero-order valence-electron chi connectivity index (χ0n) is 12.0. The van der Waals surface area contributed by atoms with E-state index < -0.39 is 0 Å².